The minimum atomic E-state index is -0.230. The molecule has 0 radical (unpaired) electrons. The Balaban J connectivity index is 1.87. The number of halogens is 1. The van der Waals surface area contributed by atoms with Crippen LogP contribution in [0.3, 0.4) is 0 Å². The van der Waals surface area contributed by atoms with Crippen molar-refractivity contribution in [2.24, 2.45) is 4.99 Å². The lowest BCUT2D eigenvalue weighted by Crippen LogP contribution is -2.39. The summed E-state index contributed by atoms with van der Waals surface area (Å²) in [7, 11) is 3.99. The molecule has 1 saturated heterocycles. The number of rotatable bonds is 9. The van der Waals surface area contributed by atoms with E-state index in [1.54, 1.807) is 0 Å². The van der Waals surface area contributed by atoms with Crippen molar-refractivity contribution in [3.05, 3.63) is 35.6 Å². The van der Waals surface area contributed by atoms with Crippen molar-refractivity contribution >= 4 is 11.9 Å². The summed E-state index contributed by atoms with van der Waals surface area (Å²) in [4.78, 5) is 20.4. The molecule has 1 aromatic rings. The molecule has 1 heterocycles. The van der Waals surface area contributed by atoms with Crippen LogP contribution in [-0.2, 0) is 4.79 Å². The molecule has 0 aromatic heterocycles. The highest BCUT2D eigenvalue weighted by Gasteiger charge is 2.19. The van der Waals surface area contributed by atoms with Crippen LogP contribution in [0.4, 0.5) is 4.39 Å². The number of amides is 1. The Bertz CT molecular complexity index is 617. The molecule has 0 bridgehead atoms. The Morgan fingerprint density at radius 3 is 2.63 bits per heavy atom. The van der Waals surface area contributed by atoms with Gasteiger partial charge in [0.25, 0.3) is 0 Å². The van der Waals surface area contributed by atoms with Crippen molar-refractivity contribution in [2.75, 3.05) is 46.8 Å². The van der Waals surface area contributed by atoms with Crippen LogP contribution in [0.15, 0.2) is 29.3 Å². The summed E-state index contributed by atoms with van der Waals surface area (Å²) in [5, 5.41) is 6.59. The molecule has 0 saturated carbocycles. The van der Waals surface area contributed by atoms with E-state index in [0.29, 0.717) is 13.0 Å². The average molecular weight is 378 g/mol. The number of guanidine groups is 1. The van der Waals surface area contributed by atoms with Gasteiger partial charge in [-0.1, -0.05) is 12.1 Å². The van der Waals surface area contributed by atoms with Gasteiger partial charge in [-0.2, -0.15) is 0 Å². The number of carbonyl (C=O) groups is 1. The van der Waals surface area contributed by atoms with Gasteiger partial charge in [0, 0.05) is 32.6 Å². The number of likely N-dealkylation sites (tertiary alicyclic amines) is 1. The van der Waals surface area contributed by atoms with E-state index in [4.69, 9.17) is 4.99 Å². The van der Waals surface area contributed by atoms with E-state index in [2.05, 4.69) is 15.5 Å². The lowest BCUT2D eigenvalue weighted by molar-refractivity contribution is -0.127. The van der Waals surface area contributed by atoms with Gasteiger partial charge in [0.1, 0.15) is 5.82 Å². The van der Waals surface area contributed by atoms with Crippen molar-refractivity contribution in [1.29, 1.82) is 0 Å². The second-order valence-corrected chi connectivity index (χ2v) is 7.02. The molecule has 1 atom stereocenters. The van der Waals surface area contributed by atoms with Crippen LogP contribution >= 0.6 is 0 Å². The van der Waals surface area contributed by atoms with Gasteiger partial charge in [0.05, 0.1) is 12.6 Å². The van der Waals surface area contributed by atoms with E-state index in [1.807, 2.05) is 38.1 Å². The Morgan fingerprint density at radius 1 is 1.30 bits per heavy atom. The first-order valence-electron chi connectivity index (χ1n) is 9.73. The summed E-state index contributed by atoms with van der Waals surface area (Å²) < 4.78 is 13.2. The molecule has 1 aromatic carbocycles. The molecule has 27 heavy (non-hydrogen) atoms. The molecule has 6 nitrogen and oxygen atoms in total. The zero-order valence-corrected chi connectivity index (χ0v) is 16.7. The maximum absolute atomic E-state index is 13.2. The quantitative estimate of drug-likeness (QED) is 0.393. The van der Waals surface area contributed by atoms with E-state index in [0.717, 1.165) is 50.5 Å². The molecule has 0 aliphatic carbocycles. The predicted molar refractivity (Wildman–Crippen MR) is 107 cm³/mol. The van der Waals surface area contributed by atoms with E-state index in [9.17, 15) is 9.18 Å². The first-order valence-corrected chi connectivity index (χ1v) is 9.73. The highest BCUT2D eigenvalue weighted by Crippen LogP contribution is 2.19. The van der Waals surface area contributed by atoms with Crippen molar-refractivity contribution in [3.8, 4) is 0 Å². The normalized spacial score (nSPS) is 16.1. The van der Waals surface area contributed by atoms with Crippen molar-refractivity contribution in [3.63, 3.8) is 0 Å². The van der Waals surface area contributed by atoms with Crippen LogP contribution in [0.25, 0.3) is 0 Å². The third-order valence-electron chi connectivity index (χ3n) is 4.71. The third-order valence-corrected chi connectivity index (χ3v) is 4.71. The molecule has 1 aliphatic rings. The van der Waals surface area contributed by atoms with Gasteiger partial charge in [0.2, 0.25) is 5.91 Å². The number of carbonyl (C=O) groups excluding carboxylic acids is 1. The van der Waals surface area contributed by atoms with E-state index >= 15 is 0 Å². The molecule has 1 unspecified atom stereocenters. The smallest absolute Gasteiger partial charge is 0.222 e. The monoisotopic (exact) mass is 377 g/mol. The van der Waals surface area contributed by atoms with Gasteiger partial charge in [0.15, 0.2) is 5.96 Å². The zero-order chi connectivity index (χ0) is 19.6. The summed E-state index contributed by atoms with van der Waals surface area (Å²) in [5.41, 5.74) is 1.04. The SMILES string of the molecule is CCNC(=NCC(c1ccc(F)cc1)N(C)C)NCCCN1CCCC1=O. The van der Waals surface area contributed by atoms with E-state index < -0.39 is 0 Å². The minimum absolute atomic E-state index is 0.0725. The number of benzene rings is 1. The fourth-order valence-corrected chi connectivity index (χ4v) is 3.19. The van der Waals surface area contributed by atoms with Gasteiger partial charge >= 0.3 is 0 Å². The van der Waals surface area contributed by atoms with Gasteiger partial charge in [-0.15, -0.1) is 0 Å². The molecular formula is C20H32FN5O. The number of nitrogens with zero attached hydrogens (tertiary/aromatic N) is 3. The van der Waals surface area contributed by atoms with E-state index in [-0.39, 0.29) is 17.8 Å². The average Bonchev–Trinajstić information content (AvgIpc) is 3.05. The van der Waals surface area contributed by atoms with Crippen LogP contribution in [0.2, 0.25) is 0 Å². The molecule has 1 amide bonds. The van der Waals surface area contributed by atoms with E-state index in [1.165, 1.54) is 12.1 Å². The summed E-state index contributed by atoms with van der Waals surface area (Å²) in [6.07, 6.45) is 2.56. The molecule has 1 fully saturated rings. The maximum atomic E-state index is 13.2. The van der Waals surface area contributed by atoms with Gasteiger partial charge < -0.3 is 20.4 Å². The molecular weight excluding hydrogens is 345 g/mol. The molecule has 0 spiro atoms. The van der Waals surface area contributed by atoms with Crippen LogP contribution in [0.1, 0.15) is 37.8 Å². The predicted octanol–water partition coefficient (Wildman–Crippen LogP) is 2.00. The third kappa shape index (κ3) is 6.82. The molecule has 150 valence electrons. The Morgan fingerprint density at radius 2 is 2.04 bits per heavy atom. The van der Waals surface area contributed by atoms with Gasteiger partial charge in [-0.25, -0.2) is 4.39 Å². The van der Waals surface area contributed by atoms with Gasteiger partial charge in [-0.05, 0) is 51.6 Å². The molecule has 2 N–H and O–H groups in total. The Hall–Kier alpha value is -2.15. The van der Waals surface area contributed by atoms with Crippen LogP contribution in [0, 0.1) is 5.82 Å². The lowest BCUT2D eigenvalue weighted by Gasteiger charge is -2.24. The number of hydrogen-bond acceptors (Lipinski definition) is 3. The molecule has 7 heteroatoms. The van der Waals surface area contributed by atoms with Crippen molar-refractivity contribution in [2.45, 2.75) is 32.2 Å². The highest BCUT2D eigenvalue weighted by atomic mass is 19.1. The van der Waals surface area contributed by atoms with Gasteiger partial charge in [-0.3, -0.25) is 9.79 Å². The second-order valence-electron chi connectivity index (χ2n) is 7.02. The minimum Gasteiger partial charge on any atom is -0.357 e. The summed E-state index contributed by atoms with van der Waals surface area (Å²) in [5.74, 6) is 0.800. The number of hydrogen-bond donors (Lipinski definition) is 2. The summed E-state index contributed by atoms with van der Waals surface area (Å²) >= 11 is 0. The highest BCUT2D eigenvalue weighted by molar-refractivity contribution is 5.80. The number of aliphatic imine (C=N–C) groups is 1. The lowest BCUT2D eigenvalue weighted by atomic mass is 10.1. The van der Waals surface area contributed by atoms with Crippen molar-refractivity contribution in [1.82, 2.24) is 20.4 Å². The van der Waals surface area contributed by atoms with Crippen molar-refractivity contribution < 1.29 is 9.18 Å². The van der Waals surface area contributed by atoms with Crippen LogP contribution in [-0.4, -0.2) is 68.5 Å². The first kappa shape index (κ1) is 21.2. The first-order chi connectivity index (χ1) is 13.0. The molecule has 1 aliphatic heterocycles. The fourth-order valence-electron chi connectivity index (χ4n) is 3.19. The topological polar surface area (TPSA) is 60.0 Å². The second kappa shape index (κ2) is 10.9. The molecule has 2 rings (SSSR count). The van der Waals surface area contributed by atoms with Crippen LogP contribution in [0.5, 0.6) is 0 Å². The largest absolute Gasteiger partial charge is 0.357 e. The summed E-state index contributed by atoms with van der Waals surface area (Å²) in [6.45, 7) is 5.82. The number of nitrogens with one attached hydrogen (secondary N) is 2. The Kier molecular flexibility index (Phi) is 8.51. The number of likely N-dealkylation sites (N-methyl/N-ethyl adjacent to an activating group) is 1. The van der Waals surface area contributed by atoms with Crippen LogP contribution < -0.4 is 10.6 Å². The zero-order valence-electron chi connectivity index (χ0n) is 16.7. The summed E-state index contributed by atoms with van der Waals surface area (Å²) in [6, 6.07) is 6.66. The standard InChI is InChI=1S/C20H32FN5O/c1-4-22-20(23-12-6-14-26-13-5-7-19(26)27)24-15-18(25(2)3)16-8-10-17(21)11-9-16/h8-11,18H,4-7,12-15H2,1-3H3,(H2,22,23,24). The maximum Gasteiger partial charge on any atom is 0.222 e. The Labute approximate surface area is 161 Å². The fraction of sp³-hybridized carbons (Fsp3) is 0.600.